The van der Waals surface area contributed by atoms with Gasteiger partial charge in [0.25, 0.3) is 11.8 Å². The predicted molar refractivity (Wildman–Crippen MR) is 129 cm³/mol. The Morgan fingerprint density at radius 1 is 0.971 bits per heavy atom. The van der Waals surface area contributed by atoms with Gasteiger partial charge >= 0.3 is 0 Å². The second-order valence-electron chi connectivity index (χ2n) is 7.39. The number of benzene rings is 3. The third-order valence-corrected chi connectivity index (χ3v) is 5.29. The fourth-order valence-electron chi connectivity index (χ4n) is 3.28. The number of hydrogen-bond donors (Lipinski definition) is 2. The molecule has 34 heavy (non-hydrogen) atoms. The Morgan fingerprint density at radius 3 is 2.47 bits per heavy atom. The molecule has 0 saturated heterocycles. The van der Waals surface area contributed by atoms with Crippen molar-refractivity contribution in [1.29, 1.82) is 0 Å². The largest absolute Gasteiger partial charge is 0.482 e. The van der Waals surface area contributed by atoms with Gasteiger partial charge in [0.1, 0.15) is 17.3 Å². The van der Waals surface area contributed by atoms with E-state index in [0.717, 1.165) is 17.2 Å². The normalized spacial score (nSPS) is 10.6. The van der Waals surface area contributed by atoms with E-state index in [1.165, 1.54) is 24.5 Å². The summed E-state index contributed by atoms with van der Waals surface area (Å²) in [5, 5.41) is 5.46. The topological polar surface area (TPSA) is 80.6 Å². The summed E-state index contributed by atoms with van der Waals surface area (Å²) in [5.74, 6) is -0.869. The maximum atomic E-state index is 14.2. The van der Waals surface area contributed by atoms with Gasteiger partial charge in [-0.2, -0.15) is 0 Å². The van der Waals surface area contributed by atoms with Crippen LogP contribution in [0.5, 0.6) is 5.75 Å². The Labute approximate surface area is 200 Å². The van der Waals surface area contributed by atoms with Crippen LogP contribution in [-0.2, 0) is 4.79 Å². The highest BCUT2D eigenvalue weighted by Crippen LogP contribution is 2.30. The average Bonchev–Trinajstić information content (AvgIpc) is 3.27. The van der Waals surface area contributed by atoms with Gasteiger partial charge < -0.3 is 19.8 Å². The molecule has 6 nitrogen and oxygen atoms in total. The van der Waals surface area contributed by atoms with Crippen LogP contribution in [0.3, 0.4) is 0 Å². The van der Waals surface area contributed by atoms with Crippen molar-refractivity contribution in [2.45, 2.75) is 6.92 Å². The zero-order valence-corrected chi connectivity index (χ0v) is 18.9. The van der Waals surface area contributed by atoms with Crippen molar-refractivity contribution in [3.8, 4) is 16.9 Å². The van der Waals surface area contributed by atoms with Gasteiger partial charge in [-0.1, -0.05) is 48.0 Å². The number of anilines is 2. The number of aryl methyl sites for hydroxylation is 1. The van der Waals surface area contributed by atoms with Crippen LogP contribution in [0.1, 0.15) is 16.1 Å². The third kappa shape index (κ3) is 5.44. The first kappa shape index (κ1) is 23.1. The third-order valence-electron chi connectivity index (χ3n) is 5.00. The molecule has 0 aliphatic heterocycles. The molecule has 8 heteroatoms. The van der Waals surface area contributed by atoms with E-state index < -0.39 is 17.6 Å². The quantitative estimate of drug-likeness (QED) is 0.326. The van der Waals surface area contributed by atoms with Crippen molar-refractivity contribution in [1.82, 2.24) is 0 Å². The molecule has 0 saturated carbocycles. The van der Waals surface area contributed by atoms with Gasteiger partial charge in [-0.3, -0.25) is 9.59 Å². The predicted octanol–water partition coefficient (Wildman–Crippen LogP) is 6.32. The molecular formula is C26H20ClFN2O4. The summed E-state index contributed by atoms with van der Waals surface area (Å²) in [6.07, 6.45) is 1.37. The summed E-state index contributed by atoms with van der Waals surface area (Å²) in [5.41, 5.74) is 2.44. The van der Waals surface area contributed by atoms with Gasteiger partial charge in [0.15, 0.2) is 6.61 Å². The van der Waals surface area contributed by atoms with Crippen molar-refractivity contribution < 1.29 is 23.1 Å². The molecule has 0 aliphatic carbocycles. The number of carbonyl (C=O) groups is 2. The number of halogens is 2. The van der Waals surface area contributed by atoms with Crippen LogP contribution in [0.4, 0.5) is 15.8 Å². The minimum Gasteiger partial charge on any atom is -0.482 e. The van der Waals surface area contributed by atoms with Crippen molar-refractivity contribution in [3.63, 3.8) is 0 Å². The molecule has 1 heterocycles. The second kappa shape index (κ2) is 10.2. The van der Waals surface area contributed by atoms with E-state index in [9.17, 15) is 14.0 Å². The van der Waals surface area contributed by atoms with E-state index in [1.54, 1.807) is 19.1 Å². The number of rotatable bonds is 7. The van der Waals surface area contributed by atoms with E-state index in [0.29, 0.717) is 22.2 Å². The summed E-state index contributed by atoms with van der Waals surface area (Å²) in [7, 11) is 0. The lowest BCUT2D eigenvalue weighted by atomic mass is 10.1. The Morgan fingerprint density at radius 2 is 1.76 bits per heavy atom. The smallest absolute Gasteiger partial charge is 0.262 e. The fraction of sp³-hybridized carbons (Fsp3) is 0.0769. The monoisotopic (exact) mass is 478 g/mol. The highest BCUT2D eigenvalue weighted by atomic mass is 35.5. The van der Waals surface area contributed by atoms with Crippen LogP contribution in [0, 0.1) is 12.7 Å². The molecule has 0 fully saturated rings. The molecule has 0 bridgehead atoms. The first-order valence-electron chi connectivity index (χ1n) is 10.3. The van der Waals surface area contributed by atoms with Crippen LogP contribution in [0.15, 0.2) is 83.5 Å². The lowest BCUT2D eigenvalue weighted by Crippen LogP contribution is -2.20. The lowest BCUT2D eigenvalue weighted by molar-refractivity contribution is -0.118. The summed E-state index contributed by atoms with van der Waals surface area (Å²) in [6, 6.07) is 20.4. The minimum atomic E-state index is -0.644. The highest BCUT2D eigenvalue weighted by molar-refractivity contribution is 6.32. The first-order valence-corrected chi connectivity index (χ1v) is 10.7. The number of ether oxygens (including phenoxy) is 1. The number of hydrogen-bond acceptors (Lipinski definition) is 4. The molecule has 2 amide bonds. The molecular weight excluding hydrogens is 459 g/mol. The van der Waals surface area contributed by atoms with E-state index in [2.05, 4.69) is 10.6 Å². The van der Waals surface area contributed by atoms with E-state index in [-0.39, 0.29) is 17.9 Å². The molecule has 0 radical (unpaired) electrons. The second-order valence-corrected chi connectivity index (χ2v) is 7.79. The van der Waals surface area contributed by atoms with Gasteiger partial charge in [0.2, 0.25) is 0 Å². The van der Waals surface area contributed by atoms with Crippen LogP contribution in [0.25, 0.3) is 11.1 Å². The van der Waals surface area contributed by atoms with Gasteiger partial charge in [-0.15, -0.1) is 0 Å². The average molecular weight is 479 g/mol. The van der Waals surface area contributed by atoms with Crippen molar-refractivity contribution >= 4 is 34.8 Å². The molecule has 1 aromatic heterocycles. The number of nitrogens with one attached hydrogen (secondary N) is 2. The molecule has 0 aliphatic rings. The molecule has 4 aromatic rings. The summed E-state index contributed by atoms with van der Waals surface area (Å²) >= 11 is 6.32. The maximum absolute atomic E-state index is 14.2. The number of carbonyl (C=O) groups excluding carboxylic acids is 2. The van der Waals surface area contributed by atoms with Gasteiger partial charge in [-0.25, -0.2) is 4.39 Å². The Balaban J connectivity index is 1.37. The SMILES string of the molecule is Cc1occc1C(=O)Nc1cc(NC(=O)COc2ccc(-c3ccccc3)cc2Cl)ccc1F. The fourth-order valence-corrected chi connectivity index (χ4v) is 3.51. The van der Waals surface area contributed by atoms with Crippen LogP contribution in [-0.4, -0.2) is 18.4 Å². The number of furan rings is 1. The molecule has 0 atom stereocenters. The maximum Gasteiger partial charge on any atom is 0.262 e. The van der Waals surface area contributed by atoms with Gasteiger partial charge in [0, 0.05) is 5.69 Å². The summed E-state index contributed by atoms with van der Waals surface area (Å²) in [6.45, 7) is 1.32. The lowest BCUT2D eigenvalue weighted by Gasteiger charge is -2.12. The van der Waals surface area contributed by atoms with Crippen molar-refractivity contribution in [2.24, 2.45) is 0 Å². The molecule has 2 N–H and O–H groups in total. The van der Waals surface area contributed by atoms with Gasteiger partial charge in [-0.05, 0) is 54.4 Å². The van der Waals surface area contributed by atoms with Crippen LogP contribution in [0.2, 0.25) is 5.02 Å². The Bertz CT molecular complexity index is 1340. The Hall–Kier alpha value is -4.10. The molecule has 0 unspecified atom stereocenters. The molecule has 0 spiro atoms. The van der Waals surface area contributed by atoms with Crippen molar-refractivity contribution in [3.05, 3.63) is 101 Å². The standard InChI is InChI=1S/C26H20ClFN2O4/c1-16-20(11-12-33-16)26(32)30-23-14-19(8-9-22(23)28)29-25(31)15-34-24-10-7-18(13-21(24)27)17-5-3-2-4-6-17/h2-14H,15H2,1H3,(H,29,31)(H,30,32). The molecule has 3 aromatic carbocycles. The van der Waals surface area contributed by atoms with Gasteiger partial charge in [0.05, 0.1) is 22.5 Å². The minimum absolute atomic E-state index is 0.0798. The van der Waals surface area contributed by atoms with Crippen molar-refractivity contribution in [2.75, 3.05) is 17.2 Å². The summed E-state index contributed by atoms with van der Waals surface area (Å²) < 4.78 is 24.8. The van der Waals surface area contributed by atoms with E-state index >= 15 is 0 Å². The van der Waals surface area contributed by atoms with Crippen LogP contribution >= 0.6 is 11.6 Å². The first-order chi connectivity index (χ1) is 16.4. The Kier molecular flexibility index (Phi) is 6.94. The molecule has 172 valence electrons. The summed E-state index contributed by atoms with van der Waals surface area (Å²) in [4.78, 5) is 24.7. The highest BCUT2D eigenvalue weighted by Gasteiger charge is 2.15. The van der Waals surface area contributed by atoms with E-state index in [4.69, 9.17) is 20.8 Å². The zero-order valence-electron chi connectivity index (χ0n) is 18.1. The van der Waals surface area contributed by atoms with E-state index in [1.807, 2.05) is 36.4 Å². The zero-order chi connectivity index (χ0) is 24.1. The number of amides is 2. The molecule has 4 rings (SSSR count). The van der Waals surface area contributed by atoms with Crippen LogP contribution < -0.4 is 15.4 Å².